The smallest absolute Gasteiger partial charge is 0.238 e. The van der Waals surface area contributed by atoms with Gasteiger partial charge in [0.05, 0.1) is 6.54 Å². The normalized spacial score (nSPS) is 34.6. The van der Waals surface area contributed by atoms with Gasteiger partial charge in [0.25, 0.3) is 0 Å². The number of benzene rings is 1. The Kier molecular flexibility index (Phi) is 4.01. The van der Waals surface area contributed by atoms with E-state index in [0.29, 0.717) is 6.54 Å². The summed E-state index contributed by atoms with van der Waals surface area (Å²) in [6, 6.07) is 5.93. The van der Waals surface area contributed by atoms with Crippen LogP contribution in [0.3, 0.4) is 0 Å². The van der Waals surface area contributed by atoms with Crippen LogP contribution in [0.1, 0.15) is 44.1 Å². The van der Waals surface area contributed by atoms with Crippen LogP contribution in [0, 0.1) is 24.7 Å². The van der Waals surface area contributed by atoms with E-state index >= 15 is 0 Å². The Morgan fingerprint density at radius 2 is 1.78 bits per heavy atom. The lowest BCUT2D eigenvalue weighted by Crippen LogP contribution is -2.59. The third-order valence-corrected chi connectivity index (χ3v) is 6.99. The fourth-order valence-corrected chi connectivity index (χ4v) is 5.77. The maximum Gasteiger partial charge on any atom is 0.238 e. The van der Waals surface area contributed by atoms with Crippen LogP contribution in [0.4, 0.5) is 5.69 Å². The highest BCUT2D eigenvalue weighted by molar-refractivity contribution is 9.10. The molecule has 4 saturated carbocycles. The van der Waals surface area contributed by atoms with E-state index in [4.69, 9.17) is 0 Å². The number of nitrogens with one attached hydrogen (secondary N) is 2. The molecule has 0 aromatic heterocycles. The first kappa shape index (κ1) is 15.6. The molecule has 0 aliphatic heterocycles. The first-order chi connectivity index (χ1) is 11.0. The highest BCUT2D eigenvalue weighted by atomic mass is 79.9. The SMILES string of the molecule is Cc1cc(NC(=O)CNC23CC4CC(CC(C4)C2)C3)ccc1Br. The Hall–Kier alpha value is -0.870. The lowest BCUT2D eigenvalue weighted by molar-refractivity contribution is -0.116. The van der Waals surface area contributed by atoms with E-state index in [9.17, 15) is 4.79 Å². The van der Waals surface area contributed by atoms with Crippen molar-refractivity contribution in [1.29, 1.82) is 0 Å². The van der Waals surface area contributed by atoms with E-state index in [1.165, 1.54) is 38.5 Å². The first-order valence-electron chi connectivity index (χ1n) is 8.82. The third-order valence-electron chi connectivity index (χ3n) is 6.10. The van der Waals surface area contributed by atoms with Crippen molar-refractivity contribution in [3.63, 3.8) is 0 Å². The number of carbonyl (C=O) groups excluding carboxylic acids is 1. The Morgan fingerprint density at radius 3 is 2.35 bits per heavy atom. The van der Waals surface area contributed by atoms with Crippen LogP contribution in [-0.4, -0.2) is 18.0 Å². The number of carbonyl (C=O) groups is 1. The third kappa shape index (κ3) is 3.20. The predicted molar refractivity (Wildman–Crippen MR) is 96.4 cm³/mol. The molecule has 4 aliphatic carbocycles. The lowest BCUT2D eigenvalue weighted by Gasteiger charge is -2.57. The van der Waals surface area contributed by atoms with E-state index in [1.54, 1.807) is 0 Å². The molecule has 0 atom stereocenters. The Morgan fingerprint density at radius 1 is 1.17 bits per heavy atom. The summed E-state index contributed by atoms with van der Waals surface area (Å²) in [6.07, 6.45) is 8.15. The molecule has 3 nitrogen and oxygen atoms in total. The molecule has 0 spiro atoms. The van der Waals surface area contributed by atoms with Gasteiger partial charge < -0.3 is 10.6 Å². The van der Waals surface area contributed by atoms with Gasteiger partial charge in [-0.2, -0.15) is 0 Å². The summed E-state index contributed by atoms with van der Waals surface area (Å²) in [6.45, 7) is 2.47. The van der Waals surface area contributed by atoms with Gasteiger partial charge in [0.2, 0.25) is 5.91 Å². The van der Waals surface area contributed by atoms with Gasteiger partial charge in [-0.1, -0.05) is 15.9 Å². The maximum absolute atomic E-state index is 12.3. The van der Waals surface area contributed by atoms with Crippen LogP contribution in [0.2, 0.25) is 0 Å². The highest BCUT2D eigenvalue weighted by Crippen LogP contribution is 2.55. The molecule has 23 heavy (non-hydrogen) atoms. The minimum absolute atomic E-state index is 0.0717. The summed E-state index contributed by atoms with van der Waals surface area (Å²) in [5, 5.41) is 6.67. The van der Waals surface area contributed by atoms with Crippen molar-refractivity contribution in [2.45, 2.75) is 51.0 Å². The molecule has 4 aliphatic rings. The molecule has 1 amide bonds. The van der Waals surface area contributed by atoms with Crippen molar-refractivity contribution in [2.24, 2.45) is 17.8 Å². The van der Waals surface area contributed by atoms with Gasteiger partial charge in [0, 0.05) is 15.7 Å². The molecule has 1 aromatic carbocycles. The molecule has 0 heterocycles. The molecule has 4 bridgehead atoms. The molecule has 4 fully saturated rings. The number of anilines is 1. The monoisotopic (exact) mass is 376 g/mol. The summed E-state index contributed by atoms with van der Waals surface area (Å²) in [5.74, 6) is 2.80. The van der Waals surface area contributed by atoms with Crippen molar-refractivity contribution in [1.82, 2.24) is 5.32 Å². The van der Waals surface area contributed by atoms with E-state index in [0.717, 1.165) is 33.5 Å². The Balaban J connectivity index is 1.35. The molecule has 0 unspecified atom stereocenters. The van der Waals surface area contributed by atoms with Crippen molar-refractivity contribution in [3.8, 4) is 0 Å². The predicted octanol–water partition coefficient (Wildman–Crippen LogP) is 4.25. The van der Waals surface area contributed by atoms with Crippen molar-refractivity contribution >= 4 is 27.5 Å². The van der Waals surface area contributed by atoms with Crippen LogP contribution in [0.25, 0.3) is 0 Å². The van der Waals surface area contributed by atoms with Gasteiger partial charge in [-0.25, -0.2) is 0 Å². The second kappa shape index (κ2) is 5.89. The fourth-order valence-electron chi connectivity index (χ4n) is 5.52. The zero-order valence-electron chi connectivity index (χ0n) is 13.7. The molecule has 1 aromatic rings. The molecule has 124 valence electrons. The molecule has 5 rings (SSSR count). The molecule has 4 heteroatoms. The second-order valence-corrected chi connectivity index (χ2v) is 8.92. The summed E-state index contributed by atoms with van der Waals surface area (Å²) < 4.78 is 1.07. The first-order valence-corrected chi connectivity index (χ1v) is 9.62. The number of rotatable bonds is 4. The quantitative estimate of drug-likeness (QED) is 0.824. The van der Waals surface area contributed by atoms with E-state index < -0.39 is 0 Å². The van der Waals surface area contributed by atoms with E-state index in [1.807, 2.05) is 25.1 Å². The van der Waals surface area contributed by atoms with Gasteiger partial charge in [-0.05, 0) is 87.0 Å². The summed E-state index contributed by atoms with van der Waals surface area (Å²) in [7, 11) is 0. The standard InChI is InChI=1S/C19H25BrN2O/c1-12-4-16(2-3-17(12)20)22-18(23)11-21-19-8-13-5-14(9-19)7-15(6-13)10-19/h2-4,13-15,21H,5-11H2,1H3,(H,22,23). The van der Waals surface area contributed by atoms with Gasteiger partial charge >= 0.3 is 0 Å². The van der Waals surface area contributed by atoms with Crippen LogP contribution in [0.5, 0.6) is 0 Å². The summed E-state index contributed by atoms with van der Waals surface area (Å²) in [4.78, 5) is 12.3. The maximum atomic E-state index is 12.3. The number of hydrogen-bond acceptors (Lipinski definition) is 2. The molecule has 2 N–H and O–H groups in total. The second-order valence-electron chi connectivity index (χ2n) is 8.06. The Labute approximate surface area is 146 Å². The van der Waals surface area contributed by atoms with Gasteiger partial charge in [0.15, 0.2) is 0 Å². The van der Waals surface area contributed by atoms with Gasteiger partial charge in [-0.15, -0.1) is 0 Å². The lowest BCUT2D eigenvalue weighted by atomic mass is 9.53. The average molecular weight is 377 g/mol. The summed E-state index contributed by atoms with van der Waals surface area (Å²) >= 11 is 3.49. The van der Waals surface area contributed by atoms with Gasteiger partial charge in [0.1, 0.15) is 0 Å². The van der Waals surface area contributed by atoms with Gasteiger partial charge in [-0.3, -0.25) is 4.79 Å². The number of amides is 1. The fraction of sp³-hybridized carbons (Fsp3) is 0.632. The number of halogens is 1. The van der Waals surface area contributed by atoms with Crippen LogP contribution < -0.4 is 10.6 Å². The van der Waals surface area contributed by atoms with Crippen molar-refractivity contribution in [2.75, 3.05) is 11.9 Å². The molecule has 0 radical (unpaired) electrons. The van der Waals surface area contributed by atoms with Crippen LogP contribution in [-0.2, 0) is 4.79 Å². The van der Waals surface area contributed by atoms with Crippen LogP contribution in [0.15, 0.2) is 22.7 Å². The van der Waals surface area contributed by atoms with E-state index in [-0.39, 0.29) is 11.4 Å². The Bertz CT molecular complexity index is 593. The molecule has 0 saturated heterocycles. The zero-order chi connectivity index (χ0) is 16.0. The summed E-state index contributed by atoms with van der Waals surface area (Å²) in [5.41, 5.74) is 2.27. The van der Waals surface area contributed by atoms with Crippen LogP contribution >= 0.6 is 15.9 Å². The minimum atomic E-state index is 0.0717. The number of aryl methyl sites for hydroxylation is 1. The minimum Gasteiger partial charge on any atom is -0.325 e. The highest BCUT2D eigenvalue weighted by Gasteiger charge is 2.50. The zero-order valence-corrected chi connectivity index (χ0v) is 15.3. The largest absolute Gasteiger partial charge is 0.325 e. The van der Waals surface area contributed by atoms with Crippen molar-refractivity contribution in [3.05, 3.63) is 28.2 Å². The molecular formula is C19H25BrN2O. The number of hydrogen-bond donors (Lipinski definition) is 2. The topological polar surface area (TPSA) is 41.1 Å². The average Bonchev–Trinajstić information content (AvgIpc) is 2.48. The molecular weight excluding hydrogens is 352 g/mol. The van der Waals surface area contributed by atoms with Crippen molar-refractivity contribution < 1.29 is 4.79 Å². The van der Waals surface area contributed by atoms with E-state index in [2.05, 4.69) is 26.6 Å².